The Kier molecular flexibility index (Phi) is 5.58. The molecule has 2 aromatic rings. The number of amides is 3. The summed E-state index contributed by atoms with van der Waals surface area (Å²) < 4.78 is 5.34. The number of nitrogens with one attached hydrogen (secondary N) is 2. The molecule has 1 aliphatic heterocycles. The van der Waals surface area contributed by atoms with Crippen LogP contribution in [0.1, 0.15) is 30.6 Å². The molecule has 1 aliphatic rings. The molecule has 8 heteroatoms. The van der Waals surface area contributed by atoms with Gasteiger partial charge in [0.25, 0.3) is 17.7 Å². The Morgan fingerprint density at radius 2 is 1.89 bits per heavy atom. The number of nitrogens with zero attached hydrogens (tertiary/aromatic N) is 1. The quantitative estimate of drug-likeness (QED) is 0.552. The van der Waals surface area contributed by atoms with E-state index in [9.17, 15) is 19.2 Å². The Labute approximate surface area is 161 Å². The number of hydrogen-bond acceptors (Lipinski definition) is 6. The SMILES string of the molecule is CCN(CC)c1ccc2cc(C(=O)NCCC3=CC(=O)NC3=O)c(=O)oc2c1. The van der Waals surface area contributed by atoms with Crippen molar-refractivity contribution < 1.29 is 18.8 Å². The molecule has 0 saturated heterocycles. The molecule has 0 atom stereocenters. The summed E-state index contributed by atoms with van der Waals surface area (Å²) in [6.45, 7) is 5.85. The first kappa shape index (κ1) is 19.3. The highest BCUT2D eigenvalue weighted by atomic mass is 16.4. The molecule has 0 spiro atoms. The lowest BCUT2D eigenvalue weighted by Crippen LogP contribution is -2.30. The fourth-order valence-corrected chi connectivity index (χ4v) is 3.09. The molecule has 2 heterocycles. The molecular weight excluding hydrogens is 362 g/mol. The van der Waals surface area contributed by atoms with Crippen LogP contribution in [0.3, 0.4) is 0 Å². The van der Waals surface area contributed by atoms with Crippen molar-refractivity contribution in [1.29, 1.82) is 0 Å². The Balaban J connectivity index is 1.74. The predicted molar refractivity (Wildman–Crippen MR) is 104 cm³/mol. The fraction of sp³-hybridized carbons (Fsp3) is 0.300. The van der Waals surface area contributed by atoms with Crippen LogP contribution in [0.5, 0.6) is 0 Å². The fourth-order valence-electron chi connectivity index (χ4n) is 3.09. The van der Waals surface area contributed by atoms with Crippen LogP contribution in [0.4, 0.5) is 5.69 Å². The van der Waals surface area contributed by atoms with Crippen molar-refractivity contribution in [2.45, 2.75) is 20.3 Å². The number of benzene rings is 1. The van der Waals surface area contributed by atoms with E-state index in [1.165, 1.54) is 12.1 Å². The van der Waals surface area contributed by atoms with Crippen LogP contribution >= 0.6 is 0 Å². The molecule has 146 valence electrons. The standard InChI is InChI=1S/C20H21N3O5/c1-3-23(4-2)14-6-5-12-9-15(20(27)28-16(12)11-14)19(26)21-8-7-13-10-17(24)22-18(13)25/h5-6,9-11H,3-4,7-8H2,1-2H3,(H,21,26)(H,22,24,25). The van der Waals surface area contributed by atoms with Crippen molar-refractivity contribution in [2.75, 3.05) is 24.5 Å². The van der Waals surface area contributed by atoms with Gasteiger partial charge in [0.2, 0.25) is 0 Å². The summed E-state index contributed by atoms with van der Waals surface area (Å²) in [6.07, 6.45) is 1.39. The first-order valence-electron chi connectivity index (χ1n) is 9.09. The van der Waals surface area contributed by atoms with E-state index in [-0.39, 0.29) is 18.5 Å². The maximum Gasteiger partial charge on any atom is 0.349 e. The zero-order valence-electron chi connectivity index (χ0n) is 15.7. The summed E-state index contributed by atoms with van der Waals surface area (Å²) in [5, 5.41) is 5.35. The summed E-state index contributed by atoms with van der Waals surface area (Å²) in [4.78, 5) is 49.3. The second-order valence-electron chi connectivity index (χ2n) is 6.34. The van der Waals surface area contributed by atoms with Crippen LogP contribution < -0.4 is 21.2 Å². The smallest absolute Gasteiger partial charge is 0.349 e. The zero-order valence-corrected chi connectivity index (χ0v) is 15.7. The monoisotopic (exact) mass is 383 g/mol. The van der Waals surface area contributed by atoms with E-state index in [1.54, 1.807) is 6.07 Å². The molecule has 0 fully saturated rings. The van der Waals surface area contributed by atoms with Gasteiger partial charge in [0.05, 0.1) is 0 Å². The van der Waals surface area contributed by atoms with Gasteiger partial charge in [-0.1, -0.05) is 0 Å². The largest absolute Gasteiger partial charge is 0.422 e. The van der Waals surface area contributed by atoms with Crippen LogP contribution in [0.2, 0.25) is 0 Å². The molecule has 0 unspecified atom stereocenters. The van der Waals surface area contributed by atoms with Gasteiger partial charge in [-0.25, -0.2) is 4.79 Å². The van der Waals surface area contributed by atoms with Crippen LogP contribution in [-0.2, 0) is 9.59 Å². The number of anilines is 1. The lowest BCUT2D eigenvalue weighted by Gasteiger charge is -2.21. The van der Waals surface area contributed by atoms with Gasteiger partial charge in [0, 0.05) is 48.4 Å². The van der Waals surface area contributed by atoms with Crippen molar-refractivity contribution in [1.82, 2.24) is 10.6 Å². The Bertz CT molecular complexity index is 1030. The zero-order chi connectivity index (χ0) is 20.3. The molecule has 0 aliphatic carbocycles. The number of carbonyl (C=O) groups excluding carboxylic acids is 3. The van der Waals surface area contributed by atoms with Crippen molar-refractivity contribution in [3.63, 3.8) is 0 Å². The third-order valence-corrected chi connectivity index (χ3v) is 4.61. The normalized spacial score (nSPS) is 13.4. The average molecular weight is 383 g/mol. The highest BCUT2D eigenvalue weighted by Crippen LogP contribution is 2.22. The minimum atomic E-state index is -0.727. The van der Waals surface area contributed by atoms with Crippen molar-refractivity contribution >= 4 is 34.4 Å². The Morgan fingerprint density at radius 1 is 1.14 bits per heavy atom. The predicted octanol–water partition coefficient (Wildman–Crippen LogP) is 1.34. The van der Waals surface area contributed by atoms with Crippen molar-refractivity contribution in [2.24, 2.45) is 0 Å². The molecule has 0 radical (unpaired) electrons. The van der Waals surface area contributed by atoms with Gasteiger partial charge in [-0.3, -0.25) is 19.7 Å². The van der Waals surface area contributed by atoms with Gasteiger partial charge in [-0.05, 0) is 38.5 Å². The molecule has 0 saturated carbocycles. The van der Waals surface area contributed by atoms with E-state index in [1.807, 2.05) is 26.0 Å². The first-order chi connectivity index (χ1) is 13.4. The van der Waals surface area contributed by atoms with E-state index in [0.717, 1.165) is 18.8 Å². The third-order valence-electron chi connectivity index (χ3n) is 4.61. The number of carbonyl (C=O) groups is 3. The van der Waals surface area contributed by atoms with Crippen LogP contribution in [-0.4, -0.2) is 37.4 Å². The molecule has 1 aromatic heterocycles. The number of hydrogen-bond donors (Lipinski definition) is 2. The molecule has 28 heavy (non-hydrogen) atoms. The second kappa shape index (κ2) is 8.08. The van der Waals surface area contributed by atoms with Crippen molar-refractivity contribution in [3.05, 3.63) is 51.9 Å². The lowest BCUT2D eigenvalue weighted by molar-refractivity contribution is -0.123. The number of rotatable bonds is 7. The Hall–Kier alpha value is -3.42. The highest BCUT2D eigenvalue weighted by molar-refractivity contribution is 6.16. The summed E-state index contributed by atoms with van der Waals surface area (Å²) in [5.74, 6) is -1.52. The molecule has 1 aromatic carbocycles. The summed E-state index contributed by atoms with van der Waals surface area (Å²) in [6, 6.07) is 7.00. The molecule has 0 bridgehead atoms. The number of imide groups is 1. The van der Waals surface area contributed by atoms with Crippen molar-refractivity contribution in [3.8, 4) is 0 Å². The van der Waals surface area contributed by atoms with Crippen LogP contribution in [0.25, 0.3) is 11.0 Å². The molecule has 8 nitrogen and oxygen atoms in total. The van der Waals surface area contributed by atoms with Gasteiger partial charge in [0.15, 0.2) is 0 Å². The first-order valence-corrected chi connectivity index (χ1v) is 9.09. The van der Waals surface area contributed by atoms with E-state index in [4.69, 9.17) is 4.42 Å². The maximum atomic E-state index is 12.3. The van der Waals surface area contributed by atoms with Gasteiger partial charge in [0.1, 0.15) is 11.1 Å². The third kappa shape index (κ3) is 3.95. The van der Waals surface area contributed by atoms with Crippen LogP contribution in [0.15, 0.2) is 45.1 Å². The molecule has 3 amide bonds. The van der Waals surface area contributed by atoms with Gasteiger partial charge in [-0.2, -0.15) is 0 Å². The minimum absolute atomic E-state index is 0.107. The molecule has 2 N–H and O–H groups in total. The Morgan fingerprint density at radius 3 is 2.54 bits per heavy atom. The number of fused-ring (bicyclic) bond motifs is 1. The molecular formula is C20H21N3O5. The van der Waals surface area contributed by atoms with Crippen LogP contribution in [0, 0.1) is 0 Å². The average Bonchev–Trinajstić information content (AvgIpc) is 2.99. The van der Waals surface area contributed by atoms with E-state index in [2.05, 4.69) is 15.5 Å². The summed E-state index contributed by atoms with van der Waals surface area (Å²) in [7, 11) is 0. The minimum Gasteiger partial charge on any atom is -0.422 e. The summed E-state index contributed by atoms with van der Waals surface area (Å²) in [5.41, 5.74) is 0.811. The van der Waals surface area contributed by atoms with E-state index >= 15 is 0 Å². The van der Waals surface area contributed by atoms with Gasteiger partial charge < -0.3 is 14.6 Å². The van der Waals surface area contributed by atoms with E-state index in [0.29, 0.717) is 16.5 Å². The topological polar surface area (TPSA) is 109 Å². The highest BCUT2D eigenvalue weighted by Gasteiger charge is 2.21. The van der Waals surface area contributed by atoms with Gasteiger partial charge in [-0.15, -0.1) is 0 Å². The molecule has 3 rings (SSSR count). The lowest BCUT2D eigenvalue weighted by atomic mass is 10.1. The summed E-state index contributed by atoms with van der Waals surface area (Å²) >= 11 is 0. The van der Waals surface area contributed by atoms with E-state index < -0.39 is 23.3 Å². The maximum absolute atomic E-state index is 12.3. The second-order valence-corrected chi connectivity index (χ2v) is 6.34. The van der Waals surface area contributed by atoms with Gasteiger partial charge >= 0.3 is 5.63 Å².